The topological polar surface area (TPSA) is 82.1 Å². The molecule has 0 amide bonds. The molecule has 0 saturated heterocycles. The number of hydrogen-bond acceptors (Lipinski definition) is 5. The lowest BCUT2D eigenvalue weighted by molar-refractivity contribution is 0.223. The highest BCUT2D eigenvalue weighted by atomic mass is 35.5. The van der Waals surface area contributed by atoms with E-state index in [4.69, 9.17) is 11.6 Å². The quantitative estimate of drug-likeness (QED) is 0.501. The van der Waals surface area contributed by atoms with Crippen molar-refractivity contribution in [3.8, 4) is 0 Å². The van der Waals surface area contributed by atoms with Crippen molar-refractivity contribution in [3.05, 3.63) is 56.7 Å². The van der Waals surface area contributed by atoms with Crippen molar-refractivity contribution in [1.82, 2.24) is 18.7 Å². The molecule has 0 aliphatic heterocycles. The molecule has 1 unspecified atom stereocenters. The van der Waals surface area contributed by atoms with E-state index in [1.807, 2.05) is 30.3 Å². The van der Waals surface area contributed by atoms with E-state index in [0.29, 0.717) is 28.6 Å². The van der Waals surface area contributed by atoms with Crippen LogP contribution < -0.4 is 11.2 Å². The molecule has 1 aromatic carbocycles. The van der Waals surface area contributed by atoms with Crippen molar-refractivity contribution >= 4 is 34.5 Å². The standard InChI is InChI=1S/C17H19ClN4O3S/c1-20-14-13(15(24)21(2)17(20)25)22(9-11-6-4-3-5-7-11)16(19-14)26-10-12(23)8-18/h3-7,12,23H,8-10H2,1-2H3. The minimum absolute atomic E-state index is 0.117. The first-order valence-electron chi connectivity index (χ1n) is 8.01. The van der Waals surface area contributed by atoms with Crippen LogP contribution in [-0.4, -0.2) is 41.5 Å². The van der Waals surface area contributed by atoms with Crippen LogP contribution in [0.25, 0.3) is 11.2 Å². The lowest BCUT2D eigenvalue weighted by atomic mass is 10.2. The van der Waals surface area contributed by atoms with Gasteiger partial charge in [0.2, 0.25) is 0 Å². The normalized spacial score (nSPS) is 12.6. The van der Waals surface area contributed by atoms with Gasteiger partial charge in [-0.2, -0.15) is 0 Å². The van der Waals surface area contributed by atoms with Gasteiger partial charge < -0.3 is 9.67 Å². The van der Waals surface area contributed by atoms with Gasteiger partial charge in [0, 0.05) is 25.7 Å². The molecule has 1 atom stereocenters. The Morgan fingerprint density at radius 3 is 2.54 bits per heavy atom. The maximum atomic E-state index is 12.7. The highest BCUT2D eigenvalue weighted by Gasteiger charge is 2.20. The summed E-state index contributed by atoms with van der Waals surface area (Å²) in [6, 6.07) is 9.68. The molecule has 138 valence electrons. The number of aliphatic hydroxyl groups excluding tert-OH is 1. The summed E-state index contributed by atoms with van der Waals surface area (Å²) >= 11 is 6.98. The number of aromatic nitrogens is 4. The van der Waals surface area contributed by atoms with E-state index >= 15 is 0 Å². The molecule has 0 aliphatic rings. The summed E-state index contributed by atoms with van der Waals surface area (Å²) in [6.07, 6.45) is -0.682. The van der Waals surface area contributed by atoms with Gasteiger partial charge in [0.1, 0.15) is 0 Å². The van der Waals surface area contributed by atoms with Crippen molar-refractivity contribution in [2.75, 3.05) is 11.6 Å². The minimum Gasteiger partial charge on any atom is -0.391 e. The average molecular weight is 395 g/mol. The number of nitrogens with zero attached hydrogens (tertiary/aromatic N) is 4. The number of imidazole rings is 1. The number of hydrogen-bond donors (Lipinski definition) is 1. The molecule has 0 bridgehead atoms. The second kappa shape index (κ2) is 7.69. The predicted octanol–water partition coefficient (Wildman–Crippen LogP) is 1.17. The molecular weight excluding hydrogens is 376 g/mol. The molecule has 0 radical (unpaired) electrons. The van der Waals surface area contributed by atoms with Crippen LogP contribution in [-0.2, 0) is 20.6 Å². The number of fused-ring (bicyclic) bond motifs is 1. The molecule has 9 heteroatoms. The van der Waals surface area contributed by atoms with Crippen LogP contribution in [0.1, 0.15) is 5.56 Å². The molecule has 7 nitrogen and oxygen atoms in total. The first kappa shape index (κ1) is 18.8. The Kier molecular flexibility index (Phi) is 5.55. The van der Waals surface area contributed by atoms with Gasteiger partial charge in [-0.3, -0.25) is 13.9 Å². The number of halogens is 1. The van der Waals surface area contributed by atoms with Crippen LogP contribution >= 0.6 is 23.4 Å². The molecule has 3 aromatic rings. The molecule has 2 heterocycles. The van der Waals surface area contributed by atoms with Crippen molar-refractivity contribution in [2.24, 2.45) is 14.1 Å². The zero-order valence-electron chi connectivity index (χ0n) is 14.4. The summed E-state index contributed by atoms with van der Waals surface area (Å²) in [5.41, 5.74) is 0.876. The van der Waals surface area contributed by atoms with Gasteiger partial charge in [-0.15, -0.1) is 11.6 Å². The third kappa shape index (κ3) is 3.44. The van der Waals surface area contributed by atoms with Gasteiger partial charge in [0.05, 0.1) is 12.6 Å². The SMILES string of the molecule is Cn1c(=O)c2c(nc(SCC(O)CCl)n2Cc2ccccc2)n(C)c1=O. The van der Waals surface area contributed by atoms with E-state index in [0.717, 1.165) is 10.1 Å². The number of aryl methyl sites for hydroxylation is 1. The van der Waals surface area contributed by atoms with Crippen LogP contribution in [0, 0.1) is 0 Å². The summed E-state index contributed by atoms with van der Waals surface area (Å²) in [4.78, 5) is 29.4. The van der Waals surface area contributed by atoms with Gasteiger partial charge in [-0.05, 0) is 5.56 Å². The summed E-state index contributed by atoms with van der Waals surface area (Å²) in [5.74, 6) is 0.460. The van der Waals surface area contributed by atoms with Crippen LogP contribution in [0.2, 0.25) is 0 Å². The Labute approximate surface area is 158 Å². The minimum atomic E-state index is -0.682. The smallest absolute Gasteiger partial charge is 0.332 e. The molecule has 3 rings (SSSR count). The van der Waals surface area contributed by atoms with Crippen molar-refractivity contribution in [1.29, 1.82) is 0 Å². The zero-order chi connectivity index (χ0) is 18.8. The lowest BCUT2D eigenvalue weighted by Gasteiger charge is -2.10. The third-order valence-electron chi connectivity index (χ3n) is 4.08. The van der Waals surface area contributed by atoms with Crippen LogP contribution in [0.4, 0.5) is 0 Å². The van der Waals surface area contributed by atoms with E-state index < -0.39 is 17.4 Å². The maximum Gasteiger partial charge on any atom is 0.332 e. The zero-order valence-corrected chi connectivity index (χ0v) is 16.0. The second-order valence-electron chi connectivity index (χ2n) is 5.96. The fourth-order valence-corrected chi connectivity index (χ4v) is 3.83. The Morgan fingerprint density at radius 1 is 1.19 bits per heavy atom. The van der Waals surface area contributed by atoms with Crippen LogP contribution in [0.5, 0.6) is 0 Å². The van der Waals surface area contributed by atoms with Gasteiger partial charge >= 0.3 is 5.69 Å². The van der Waals surface area contributed by atoms with Gasteiger partial charge in [-0.1, -0.05) is 42.1 Å². The van der Waals surface area contributed by atoms with Crippen molar-refractivity contribution < 1.29 is 5.11 Å². The van der Waals surface area contributed by atoms with Crippen molar-refractivity contribution in [3.63, 3.8) is 0 Å². The molecule has 2 aromatic heterocycles. The number of rotatable bonds is 6. The van der Waals surface area contributed by atoms with E-state index in [1.165, 1.54) is 23.4 Å². The van der Waals surface area contributed by atoms with Gasteiger partial charge in [0.15, 0.2) is 16.3 Å². The summed E-state index contributed by atoms with van der Waals surface area (Å²) in [5, 5.41) is 10.3. The predicted molar refractivity (Wildman–Crippen MR) is 103 cm³/mol. The number of alkyl halides is 1. The molecular formula is C17H19ClN4O3S. The number of aliphatic hydroxyl groups is 1. The van der Waals surface area contributed by atoms with Crippen LogP contribution in [0.15, 0.2) is 45.1 Å². The average Bonchev–Trinajstić information content (AvgIpc) is 3.02. The Hall–Kier alpha value is -2.03. The first-order chi connectivity index (χ1) is 12.4. The number of benzene rings is 1. The molecule has 0 spiro atoms. The van der Waals surface area contributed by atoms with Crippen molar-refractivity contribution in [2.45, 2.75) is 17.8 Å². The van der Waals surface area contributed by atoms with Crippen LogP contribution in [0.3, 0.4) is 0 Å². The molecule has 1 N–H and O–H groups in total. The fourth-order valence-electron chi connectivity index (χ4n) is 2.66. The molecule has 26 heavy (non-hydrogen) atoms. The summed E-state index contributed by atoms with van der Waals surface area (Å²) < 4.78 is 4.23. The Morgan fingerprint density at radius 2 is 1.88 bits per heavy atom. The monoisotopic (exact) mass is 394 g/mol. The van der Waals surface area contributed by atoms with E-state index in [2.05, 4.69) is 4.98 Å². The summed E-state index contributed by atoms with van der Waals surface area (Å²) in [6.45, 7) is 0.435. The third-order valence-corrected chi connectivity index (χ3v) is 5.56. The fraction of sp³-hybridized carbons (Fsp3) is 0.353. The van der Waals surface area contributed by atoms with Gasteiger partial charge in [-0.25, -0.2) is 9.78 Å². The Bertz CT molecular complexity index is 1040. The molecule has 0 aliphatic carbocycles. The lowest BCUT2D eigenvalue weighted by Crippen LogP contribution is -2.37. The molecule has 0 saturated carbocycles. The maximum absolute atomic E-state index is 12.7. The number of thioether (sulfide) groups is 1. The Balaban J connectivity index is 2.19. The van der Waals surface area contributed by atoms with E-state index in [9.17, 15) is 14.7 Å². The van der Waals surface area contributed by atoms with E-state index in [1.54, 1.807) is 11.6 Å². The molecule has 0 fully saturated rings. The highest BCUT2D eigenvalue weighted by Crippen LogP contribution is 2.23. The van der Waals surface area contributed by atoms with E-state index in [-0.39, 0.29) is 5.88 Å². The second-order valence-corrected chi connectivity index (χ2v) is 7.26. The highest BCUT2D eigenvalue weighted by molar-refractivity contribution is 7.99. The largest absolute Gasteiger partial charge is 0.391 e. The van der Waals surface area contributed by atoms with Gasteiger partial charge in [0.25, 0.3) is 5.56 Å². The summed E-state index contributed by atoms with van der Waals surface area (Å²) in [7, 11) is 3.04. The first-order valence-corrected chi connectivity index (χ1v) is 9.53.